The first kappa shape index (κ1) is 22.1. The first-order chi connectivity index (χ1) is 16.5. The minimum Gasteiger partial charge on any atom is -0.365 e. The number of benzene rings is 2. The predicted octanol–water partition coefficient (Wildman–Crippen LogP) is 2.35. The van der Waals surface area contributed by atoms with E-state index in [1.165, 1.54) is 24.3 Å². The van der Waals surface area contributed by atoms with Crippen LogP contribution in [0.5, 0.6) is 0 Å². The molecule has 1 saturated heterocycles. The molecule has 1 atom stereocenters. The minimum absolute atomic E-state index is 0.0556. The third-order valence-corrected chi connectivity index (χ3v) is 6.23. The highest BCUT2D eigenvalue weighted by molar-refractivity contribution is 5.93. The first-order valence-electron chi connectivity index (χ1n) is 11.1. The number of piperazine rings is 1. The van der Waals surface area contributed by atoms with Gasteiger partial charge in [-0.05, 0) is 35.4 Å². The Morgan fingerprint density at radius 1 is 0.912 bits per heavy atom. The van der Waals surface area contributed by atoms with Gasteiger partial charge in [-0.2, -0.15) is 0 Å². The van der Waals surface area contributed by atoms with Crippen LogP contribution in [0.3, 0.4) is 0 Å². The van der Waals surface area contributed by atoms with Crippen molar-refractivity contribution in [3.63, 3.8) is 0 Å². The highest BCUT2D eigenvalue weighted by Gasteiger charge is 2.32. The Kier molecular flexibility index (Phi) is 6.06. The van der Waals surface area contributed by atoms with Gasteiger partial charge in [-0.1, -0.05) is 29.5 Å². The lowest BCUT2D eigenvalue weighted by molar-refractivity contribution is -0.131. The number of amides is 2. The molecule has 34 heavy (non-hydrogen) atoms. The molecule has 0 aliphatic carbocycles. The van der Waals surface area contributed by atoms with Gasteiger partial charge in [0.05, 0.1) is 25.3 Å². The molecular formula is C24H23F2N5O3. The monoisotopic (exact) mass is 467 g/mol. The Bertz CT molecular complexity index is 1190. The van der Waals surface area contributed by atoms with E-state index in [0.29, 0.717) is 38.4 Å². The molecule has 1 fully saturated rings. The number of carbonyl (C=O) groups excluding carboxylic acids is 2. The van der Waals surface area contributed by atoms with E-state index in [2.05, 4.69) is 10.3 Å². The predicted molar refractivity (Wildman–Crippen MR) is 117 cm³/mol. The molecule has 0 N–H and O–H groups in total. The molecule has 0 spiro atoms. The van der Waals surface area contributed by atoms with Crippen LogP contribution in [0.25, 0.3) is 0 Å². The molecule has 5 rings (SSSR count). The largest absolute Gasteiger partial charge is 0.365 e. The lowest BCUT2D eigenvalue weighted by Crippen LogP contribution is -2.51. The summed E-state index contributed by atoms with van der Waals surface area (Å²) >= 11 is 0. The van der Waals surface area contributed by atoms with Gasteiger partial charge in [0.15, 0.2) is 5.69 Å². The van der Waals surface area contributed by atoms with Crippen molar-refractivity contribution in [2.24, 2.45) is 0 Å². The summed E-state index contributed by atoms with van der Waals surface area (Å²) in [5, 5.41) is 8.24. The Hall–Kier alpha value is -3.66. The molecule has 3 aromatic rings. The third-order valence-electron chi connectivity index (χ3n) is 6.23. The molecule has 0 saturated carbocycles. The van der Waals surface area contributed by atoms with Gasteiger partial charge >= 0.3 is 0 Å². The number of halogens is 2. The Morgan fingerprint density at radius 2 is 1.53 bits per heavy atom. The second-order valence-corrected chi connectivity index (χ2v) is 8.39. The van der Waals surface area contributed by atoms with Crippen molar-refractivity contribution in [1.82, 2.24) is 24.8 Å². The van der Waals surface area contributed by atoms with Gasteiger partial charge in [-0.3, -0.25) is 9.59 Å². The summed E-state index contributed by atoms with van der Waals surface area (Å²) in [6.07, 6.45) is -0.104. The van der Waals surface area contributed by atoms with Crippen LogP contribution < -0.4 is 0 Å². The fourth-order valence-electron chi connectivity index (χ4n) is 4.25. The molecule has 8 nitrogen and oxygen atoms in total. The highest BCUT2D eigenvalue weighted by Crippen LogP contribution is 2.27. The van der Waals surface area contributed by atoms with Crippen molar-refractivity contribution in [2.75, 3.05) is 26.2 Å². The molecule has 10 heteroatoms. The van der Waals surface area contributed by atoms with Crippen molar-refractivity contribution in [2.45, 2.75) is 25.7 Å². The standard InChI is InChI=1S/C24H23F2N5O3/c25-18-5-1-16(2-6-18)13-22(32)29-9-11-30(12-10-29)24(33)23-20-15-34-21(14-31(20)28-27-23)17-3-7-19(26)8-4-17/h1-8,21H,9-15H2/t21-/m0/s1. The third kappa shape index (κ3) is 4.54. The average Bonchev–Trinajstić information content (AvgIpc) is 3.29. The van der Waals surface area contributed by atoms with E-state index in [-0.39, 0.29) is 48.3 Å². The maximum absolute atomic E-state index is 13.2. The first-order valence-corrected chi connectivity index (χ1v) is 11.1. The number of ether oxygens (including phenoxy) is 1. The maximum Gasteiger partial charge on any atom is 0.276 e. The zero-order valence-electron chi connectivity index (χ0n) is 18.4. The fourth-order valence-corrected chi connectivity index (χ4v) is 4.25. The minimum atomic E-state index is -0.337. The topological polar surface area (TPSA) is 80.6 Å². The van der Waals surface area contributed by atoms with Crippen molar-refractivity contribution in [3.8, 4) is 0 Å². The summed E-state index contributed by atoms with van der Waals surface area (Å²) in [7, 11) is 0. The van der Waals surface area contributed by atoms with Crippen LogP contribution in [0, 0.1) is 11.6 Å². The average molecular weight is 467 g/mol. The van der Waals surface area contributed by atoms with Crippen LogP contribution in [0.15, 0.2) is 48.5 Å². The van der Waals surface area contributed by atoms with Gasteiger partial charge in [-0.15, -0.1) is 5.10 Å². The maximum atomic E-state index is 13.2. The highest BCUT2D eigenvalue weighted by atomic mass is 19.1. The molecule has 3 heterocycles. The molecular weight excluding hydrogens is 444 g/mol. The Balaban J connectivity index is 1.18. The van der Waals surface area contributed by atoms with Crippen molar-refractivity contribution in [1.29, 1.82) is 0 Å². The quantitative estimate of drug-likeness (QED) is 0.589. The van der Waals surface area contributed by atoms with E-state index >= 15 is 0 Å². The lowest BCUT2D eigenvalue weighted by Gasteiger charge is -2.34. The van der Waals surface area contributed by atoms with Gasteiger partial charge < -0.3 is 14.5 Å². The molecule has 0 bridgehead atoms. The molecule has 0 radical (unpaired) electrons. The normalized spacial score (nSPS) is 18.0. The van der Waals surface area contributed by atoms with E-state index in [1.54, 1.807) is 38.7 Å². The van der Waals surface area contributed by atoms with Crippen LogP contribution in [0.2, 0.25) is 0 Å². The number of rotatable bonds is 4. The SMILES string of the molecule is O=C(Cc1ccc(F)cc1)N1CCN(C(=O)c2nnn3c2CO[C@H](c2ccc(F)cc2)C3)CC1. The van der Waals surface area contributed by atoms with Crippen LogP contribution in [-0.2, 0) is 29.1 Å². The molecule has 0 unspecified atom stereocenters. The van der Waals surface area contributed by atoms with Crippen LogP contribution in [-0.4, -0.2) is 62.8 Å². The molecule has 2 aromatic carbocycles. The van der Waals surface area contributed by atoms with Gasteiger partial charge in [0.1, 0.15) is 17.7 Å². The van der Waals surface area contributed by atoms with Gasteiger partial charge in [-0.25, -0.2) is 13.5 Å². The zero-order chi connectivity index (χ0) is 23.7. The summed E-state index contributed by atoms with van der Waals surface area (Å²) < 4.78 is 33.8. The number of aromatic nitrogens is 3. The van der Waals surface area contributed by atoms with E-state index in [4.69, 9.17) is 4.74 Å². The number of carbonyl (C=O) groups is 2. The van der Waals surface area contributed by atoms with Crippen molar-refractivity contribution < 1.29 is 23.1 Å². The molecule has 2 aliphatic heterocycles. The van der Waals surface area contributed by atoms with Gasteiger partial charge in [0, 0.05) is 26.2 Å². The Labute approximate surface area is 194 Å². The van der Waals surface area contributed by atoms with Gasteiger partial charge in [0.25, 0.3) is 5.91 Å². The van der Waals surface area contributed by atoms with E-state index in [9.17, 15) is 18.4 Å². The summed E-state index contributed by atoms with van der Waals surface area (Å²) in [5.41, 5.74) is 2.44. The lowest BCUT2D eigenvalue weighted by atomic mass is 10.1. The van der Waals surface area contributed by atoms with Crippen LogP contribution in [0.1, 0.15) is 33.4 Å². The number of hydrogen-bond acceptors (Lipinski definition) is 5. The zero-order valence-corrected chi connectivity index (χ0v) is 18.4. The molecule has 2 aliphatic rings. The number of hydrogen-bond donors (Lipinski definition) is 0. The molecule has 176 valence electrons. The van der Waals surface area contributed by atoms with E-state index < -0.39 is 0 Å². The Morgan fingerprint density at radius 3 is 2.21 bits per heavy atom. The number of fused-ring (bicyclic) bond motifs is 1. The smallest absolute Gasteiger partial charge is 0.276 e. The van der Waals surface area contributed by atoms with Gasteiger partial charge in [0.2, 0.25) is 5.91 Å². The van der Waals surface area contributed by atoms with Crippen LogP contribution >= 0.6 is 0 Å². The van der Waals surface area contributed by atoms with E-state index in [1.807, 2.05) is 0 Å². The van der Waals surface area contributed by atoms with Crippen molar-refractivity contribution in [3.05, 3.63) is 82.7 Å². The second kappa shape index (κ2) is 9.30. The number of nitrogens with zero attached hydrogens (tertiary/aromatic N) is 5. The second-order valence-electron chi connectivity index (χ2n) is 8.39. The van der Waals surface area contributed by atoms with Crippen molar-refractivity contribution >= 4 is 11.8 Å². The summed E-state index contributed by atoms with van der Waals surface area (Å²) in [5.74, 6) is -0.947. The van der Waals surface area contributed by atoms with Crippen LogP contribution in [0.4, 0.5) is 8.78 Å². The molecule has 1 aromatic heterocycles. The summed E-state index contributed by atoms with van der Waals surface area (Å²) in [6, 6.07) is 12.0. The summed E-state index contributed by atoms with van der Waals surface area (Å²) in [6.45, 7) is 2.16. The summed E-state index contributed by atoms with van der Waals surface area (Å²) in [4.78, 5) is 29.1. The molecule has 2 amide bonds. The fraction of sp³-hybridized carbons (Fsp3) is 0.333. The van der Waals surface area contributed by atoms with E-state index in [0.717, 1.165) is 11.1 Å².